The van der Waals surface area contributed by atoms with Crippen LogP contribution in [0.1, 0.15) is 30.0 Å². The topological polar surface area (TPSA) is 0 Å². The minimum absolute atomic E-state index is 0.341. The van der Waals surface area contributed by atoms with Crippen LogP contribution in [0.4, 0.5) is 0 Å². The van der Waals surface area contributed by atoms with Crippen molar-refractivity contribution in [2.24, 2.45) is 5.92 Å². The van der Waals surface area contributed by atoms with Crippen LogP contribution < -0.4 is 10.4 Å². The number of hydrogen-bond acceptors (Lipinski definition) is 0. The van der Waals surface area contributed by atoms with Crippen LogP contribution in [0.3, 0.4) is 0 Å². The van der Waals surface area contributed by atoms with Crippen molar-refractivity contribution in [3.05, 3.63) is 154 Å². The summed E-state index contributed by atoms with van der Waals surface area (Å²) in [5.74, 6) is 0.341. The van der Waals surface area contributed by atoms with Gasteiger partial charge in [0.1, 0.15) is 0 Å². The molecule has 0 aromatic heterocycles. The molecule has 1 unspecified atom stereocenters. The molecule has 2 aliphatic rings. The van der Waals surface area contributed by atoms with Crippen molar-refractivity contribution >= 4 is 32.7 Å². The summed E-state index contributed by atoms with van der Waals surface area (Å²) < 4.78 is 0. The van der Waals surface area contributed by atoms with Crippen LogP contribution >= 0.6 is 0 Å². The van der Waals surface area contributed by atoms with Crippen LogP contribution in [0.25, 0.3) is 32.7 Å². The molecule has 7 rings (SSSR count). The lowest BCUT2D eigenvalue weighted by atomic mass is 9.71. The summed E-state index contributed by atoms with van der Waals surface area (Å²) in [6.07, 6.45) is 5.77. The second-order valence-corrected chi connectivity index (χ2v) is 10.4. The van der Waals surface area contributed by atoms with E-state index in [1.165, 1.54) is 71.0 Å². The molecule has 0 saturated carbocycles. The van der Waals surface area contributed by atoms with Crippen molar-refractivity contribution in [1.82, 2.24) is 0 Å². The third-order valence-electron chi connectivity index (χ3n) is 7.92. The van der Waals surface area contributed by atoms with E-state index in [1.54, 1.807) is 0 Å². The molecule has 0 saturated heterocycles. The summed E-state index contributed by atoms with van der Waals surface area (Å²) in [6, 6.07) is 38.4. The van der Waals surface area contributed by atoms with Gasteiger partial charge in [-0.2, -0.15) is 0 Å². The van der Waals surface area contributed by atoms with Gasteiger partial charge in [0, 0.05) is 5.92 Å². The molecule has 0 bridgehead atoms. The van der Waals surface area contributed by atoms with Crippen molar-refractivity contribution in [2.75, 3.05) is 0 Å². The molecule has 0 radical (unpaired) electrons. The standard InChI is InChI=1S/C36H28/c1-23-11-17-31-33(19-23)35(29-15-13-25-7-3-5-9-27(25)21-29)32-18-12-24(2)20-34(32)36(31)30-16-14-26-8-4-6-10-28(26)22-30/h3-19,21-22,34H,20H2,1-2H3. The van der Waals surface area contributed by atoms with Crippen LogP contribution in [-0.4, -0.2) is 0 Å². The molecular weight excluding hydrogens is 432 g/mol. The molecule has 5 aromatic carbocycles. The monoisotopic (exact) mass is 460 g/mol. The molecule has 0 nitrogen and oxygen atoms in total. The predicted molar refractivity (Wildman–Crippen MR) is 153 cm³/mol. The van der Waals surface area contributed by atoms with E-state index in [0.717, 1.165) is 6.42 Å². The third-order valence-corrected chi connectivity index (χ3v) is 7.92. The molecular formula is C36H28. The lowest BCUT2D eigenvalue weighted by molar-refractivity contribution is 0.763. The van der Waals surface area contributed by atoms with E-state index in [0.29, 0.717) is 5.92 Å². The fraction of sp³-hybridized carbons (Fsp3) is 0.111. The van der Waals surface area contributed by atoms with E-state index >= 15 is 0 Å². The van der Waals surface area contributed by atoms with Gasteiger partial charge in [0.05, 0.1) is 0 Å². The molecule has 36 heavy (non-hydrogen) atoms. The highest BCUT2D eigenvalue weighted by Crippen LogP contribution is 2.42. The number of hydrogen-bond donors (Lipinski definition) is 0. The smallest absolute Gasteiger partial charge is 0.0145 e. The van der Waals surface area contributed by atoms with Gasteiger partial charge in [-0.15, -0.1) is 0 Å². The van der Waals surface area contributed by atoms with Gasteiger partial charge in [-0.3, -0.25) is 0 Å². The van der Waals surface area contributed by atoms with Gasteiger partial charge in [-0.1, -0.05) is 114 Å². The number of aryl methyl sites for hydroxylation is 1. The molecule has 5 aromatic rings. The van der Waals surface area contributed by atoms with Crippen molar-refractivity contribution < 1.29 is 0 Å². The third kappa shape index (κ3) is 3.37. The quantitative estimate of drug-likeness (QED) is 0.254. The van der Waals surface area contributed by atoms with E-state index in [2.05, 4.69) is 129 Å². The minimum atomic E-state index is 0.341. The Balaban J connectivity index is 1.61. The minimum Gasteiger partial charge on any atom is -0.0724 e. The molecule has 1 atom stereocenters. The zero-order valence-corrected chi connectivity index (χ0v) is 20.8. The first-order valence-electron chi connectivity index (χ1n) is 12.9. The Labute approximate surface area is 212 Å². The Bertz CT molecular complexity index is 1880. The molecule has 0 N–H and O–H groups in total. The summed E-state index contributed by atoms with van der Waals surface area (Å²) in [4.78, 5) is 0. The Kier molecular flexibility index (Phi) is 4.82. The zero-order valence-electron chi connectivity index (χ0n) is 20.8. The summed E-state index contributed by atoms with van der Waals surface area (Å²) in [6.45, 7) is 4.48. The highest BCUT2D eigenvalue weighted by molar-refractivity contribution is 5.94. The van der Waals surface area contributed by atoms with Crippen LogP contribution in [0.5, 0.6) is 0 Å². The van der Waals surface area contributed by atoms with Gasteiger partial charge in [-0.25, -0.2) is 0 Å². The molecule has 0 amide bonds. The van der Waals surface area contributed by atoms with Crippen molar-refractivity contribution in [3.63, 3.8) is 0 Å². The number of fused-ring (bicyclic) bond motifs is 4. The Morgan fingerprint density at radius 1 is 0.556 bits per heavy atom. The Morgan fingerprint density at radius 3 is 1.92 bits per heavy atom. The predicted octanol–water partition coefficient (Wildman–Crippen LogP) is 7.61. The van der Waals surface area contributed by atoms with Gasteiger partial charge in [0.15, 0.2) is 0 Å². The lowest BCUT2D eigenvalue weighted by Crippen LogP contribution is -2.38. The highest BCUT2D eigenvalue weighted by atomic mass is 14.3. The summed E-state index contributed by atoms with van der Waals surface area (Å²) >= 11 is 0. The van der Waals surface area contributed by atoms with E-state index in [4.69, 9.17) is 0 Å². The Morgan fingerprint density at radius 2 is 1.19 bits per heavy atom. The summed E-state index contributed by atoms with van der Waals surface area (Å²) in [5.41, 5.74) is 9.67. The molecule has 0 spiro atoms. The molecule has 0 heteroatoms. The SMILES string of the molecule is CC1=CC=C2C(c3ccc4ccccc4c3)=c3cc(C)ccc3=C(c3ccc4ccccc4c3)C2C1. The molecule has 172 valence electrons. The van der Waals surface area contributed by atoms with Crippen molar-refractivity contribution in [1.29, 1.82) is 0 Å². The summed E-state index contributed by atoms with van der Waals surface area (Å²) in [5, 5.41) is 7.89. The van der Waals surface area contributed by atoms with Gasteiger partial charge >= 0.3 is 0 Å². The molecule has 2 aliphatic carbocycles. The highest BCUT2D eigenvalue weighted by Gasteiger charge is 2.30. The maximum atomic E-state index is 2.39. The van der Waals surface area contributed by atoms with E-state index in [-0.39, 0.29) is 0 Å². The first-order chi connectivity index (χ1) is 17.7. The molecule has 0 heterocycles. The van der Waals surface area contributed by atoms with E-state index < -0.39 is 0 Å². The van der Waals surface area contributed by atoms with Gasteiger partial charge in [-0.05, 0) is 92.2 Å². The first kappa shape index (κ1) is 21.1. The zero-order chi connectivity index (χ0) is 24.2. The van der Waals surface area contributed by atoms with Gasteiger partial charge in [0.2, 0.25) is 0 Å². The van der Waals surface area contributed by atoms with Gasteiger partial charge < -0.3 is 0 Å². The number of allylic oxidation sites excluding steroid dienone is 4. The average Bonchev–Trinajstić information content (AvgIpc) is 2.91. The van der Waals surface area contributed by atoms with E-state index in [9.17, 15) is 0 Å². The van der Waals surface area contributed by atoms with Crippen LogP contribution in [0.2, 0.25) is 0 Å². The van der Waals surface area contributed by atoms with Crippen molar-refractivity contribution in [2.45, 2.75) is 20.3 Å². The normalized spacial score (nSPS) is 17.0. The van der Waals surface area contributed by atoms with Gasteiger partial charge in [0.25, 0.3) is 0 Å². The number of rotatable bonds is 2. The Hall–Kier alpha value is -4.16. The maximum absolute atomic E-state index is 2.39. The second kappa shape index (κ2) is 8.21. The van der Waals surface area contributed by atoms with Crippen LogP contribution in [0, 0.1) is 12.8 Å². The molecule has 0 aliphatic heterocycles. The first-order valence-corrected chi connectivity index (χ1v) is 12.9. The number of benzene rings is 5. The van der Waals surface area contributed by atoms with Crippen LogP contribution in [-0.2, 0) is 0 Å². The average molecular weight is 461 g/mol. The van der Waals surface area contributed by atoms with Crippen molar-refractivity contribution in [3.8, 4) is 0 Å². The van der Waals surface area contributed by atoms with E-state index in [1.807, 2.05) is 0 Å². The lowest BCUT2D eigenvalue weighted by Gasteiger charge is -2.33. The fourth-order valence-electron chi connectivity index (χ4n) is 6.19. The maximum Gasteiger partial charge on any atom is 0.0145 e. The second-order valence-electron chi connectivity index (χ2n) is 10.4. The summed E-state index contributed by atoms with van der Waals surface area (Å²) in [7, 11) is 0. The fourth-order valence-corrected chi connectivity index (χ4v) is 6.19. The molecule has 0 fully saturated rings. The van der Waals surface area contributed by atoms with Crippen LogP contribution in [0.15, 0.2) is 126 Å². The largest absolute Gasteiger partial charge is 0.0724 e.